The second-order valence-electron chi connectivity index (χ2n) is 43.9. The molecule has 2 N–H and O–H groups in total. The van der Waals surface area contributed by atoms with Crippen LogP contribution in [0, 0.1) is 17.3 Å². The molecule has 129 heavy (non-hydrogen) atoms. The van der Waals surface area contributed by atoms with Crippen LogP contribution in [0.4, 0.5) is 26.3 Å². The van der Waals surface area contributed by atoms with Gasteiger partial charge in [-0.05, 0) is 289 Å². The molecule has 2 amide bonds. The molecule has 0 radical (unpaired) electrons. The molecular weight excluding hydrogens is 1640 g/mol. The van der Waals surface area contributed by atoms with Crippen molar-refractivity contribution in [2.75, 3.05) is 243 Å². The van der Waals surface area contributed by atoms with Crippen molar-refractivity contribution in [3.8, 4) is 0 Å². The fourth-order valence-corrected chi connectivity index (χ4v) is 17.7. The Labute approximate surface area is 791 Å². The molecule has 1 atom stereocenters. The summed E-state index contributed by atoms with van der Waals surface area (Å²) in [5.41, 5.74) is 6.29. The van der Waals surface area contributed by atoms with Crippen molar-refractivity contribution in [3.05, 3.63) is 0 Å². The van der Waals surface area contributed by atoms with Gasteiger partial charge in [-0.3, -0.25) is 48.8 Å². The maximum Gasteiger partial charge on any atom is 0.272 e. The number of rotatable bonds is 14. The van der Waals surface area contributed by atoms with Gasteiger partial charge < -0.3 is 54.4 Å². The van der Waals surface area contributed by atoms with Crippen LogP contribution < -0.4 is 5.73 Å². The van der Waals surface area contributed by atoms with Crippen molar-refractivity contribution >= 4 is 11.8 Å². The van der Waals surface area contributed by atoms with Gasteiger partial charge in [0.2, 0.25) is 11.8 Å². The second-order valence-corrected chi connectivity index (χ2v) is 43.9. The van der Waals surface area contributed by atoms with Crippen LogP contribution in [-0.4, -0.2) is 435 Å². The summed E-state index contributed by atoms with van der Waals surface area (Å²) >= 11 is 0. The summed E-state index contributed by atoms with van der Waals surface area (Å²) in [6.07, 6.45) is 13.3. The molecule has 1 unspecified atom stereocenters. The van der Waals surface area contributed by atoms with Crippen molar-refractivity contribution in [1.29, 1.82) is 0 Å². The number of ether oxygens (including phenoxy) is 2. The number of morpholine rings is 2. The van der Waals surface area contributed by atoms with Gasteiger partial charge in [-0.2, -0.15) is 0 Å². The Morgan fingerprint density at radius 2 is 0.589 bits per heavy atom. The van der Waals surface area contributed by atoms with E-state index in [-0.39, 0.29) is 56.9 Å². The number of piperidine rings is 2. The molecule has 14 rings (SSSR count). The maximum atomic E-state index is 12.6. The highest BCUT2D eigenvalue weighted by Gasteiger charge is 2.45. The molecule has 14 fully saturated rings. The minimum atomic E-state index is -2.43. The Balaban J connectivity index is 0.000000475. The van der Waals surface area contributed by atoms with Crippen molar-refractivity contribution in [2.45, 2.75) is 394 Å². The molecule has 0 aromatic carbocycles. The zero-order chi connectivity index (χ0) is 97.7. The van der Waals surface area contributed by atoms with Crippen LogP contribution >= 0.6 is 0 Å². The Kier molecular flexibility index (Phi) is 61.1. The summed E-state index contributed by atoms with van der Waals surface area (Å²) in [4.78, 5) is 59.8. The second kappa shape index (κ2) is 64.2. The number of hydrogen-bond donors (Lipinski definition) is 1. The molecule has 768 valence electrons. The van der Waals surface area contributed by atoms with E-state index in [2.05, 4.69) is 230 Å². The van der Waals surface area contributed by atoms with Crippen LogP contribution in [0.15, 0.2) is 0 Å². The molecule has 1 aliphatic carbocycles. The van der Waals surface area contributed by atoms with Crippen LogP contribution in [0.3, 0.4) is 0 Å². The number of alkyl halides is 6. The number of piperazine rings is 3. The minimum absolute atomic E-state index is 0.0329. The highest BCUT2D eigenvalue weighted by molar-refractivity contribution is 5.79. The largest absolute Gasteiger partial charge is 0.379 e. The first-order valence-corrected chi connectivity index (χ1v) is 52.1. The molecule has 21 nitrogen and oxygen atoms in total. The number of nitrogens with two attached hydrogens (primary N) is 1. The lowest BCUT2D eigenvalue weighted by Gasteiger charge is -2.41. The first kappa shape index (κ1) is 123. The Hall–Kier alpha value is -2.16. The van der Waals surface area contributed by atoms with Gasteiger partial charge in [0.15, 0.2) is 0 Å². The third-order valence-electron chi connectivity index (χ3n) is 28.1. The van der Waals surface area contributed by atoms with E-state index in [1.54, 1.807) is 16.7 Å². The molecular formula is C102H209F6N17O4. The van der Waals surface area contributed by atoms with Crippen LogP contribution in [0.2, 0.25) is 0 Å². The molecule has 0 aromatic heterocycles. The number of amides is 2. The van der Waals surface area contributed by atoms with Gasteiger partial charge in [-0.1, -0.05) is 33.6 Å². The lowest BCUT2D eigenvalue weighted by Crippen LogP contribution is -2.58. The van der Waals surface area contributed by atoms with E-state index in [0.717, 1.165) is 160 Å². The highest BCUT2D eigenvalue weighted by atomic mass is 19.3. The number of halogens is 6. The molecule has 13 aliphatic heterocycles. The van der Waals surface area contributed by atoms with Gasteiger partial charge in [-0.25, -0.2) is 26.3 Å². The summed E-state index contributed by atoms with van der Waals surface area (Å²) in [6.45, 7) is 101. The topological polar surface area (TPSA) is 130 Å². The van der Waals surface area contributed by atoms with Crippen LogP contribution in [0.5, 0.6) is 0 Å². The summed E-state index contributed by atoms with van der Waals surface area (Å²) in [5.74, 6) is -5.27. The SMILES string of the molecule is CC(=O)N1CCN(C(C)C)CC1.CC(C)N1CC(F)(F)C1.CC(C)N1CCC(C)(C)C1.CC(C)N1CCC(F)(F)C1.CC(C)N1CCC(F)(F)CC1.CC(C)N1CCC(N)C1.CC(C)N1CCCC1.CC(C)N1CCCCC1.CC(C)N1CCN(C(=O)C2CCC2)CC1.CC(C)N1CCN(C)CC1.CC(C)N1CCOCC1.CC(C)N1CCOCC1.CC1CN(C(C)C)C1. The Morgan fingerprint density at radius 1 is 0.295 bits per heavy atom. The molecule has 14 aliphatic rings. The third kappa shape index (κ3) is 53.6. The summed E-state index contributed by atoms with van der Waals surface area (Å²) in [5, 5.41) is 0. The van der Waals surface area contributed by atoms with Gasteiger partial charge >= 0.3 is 0 Å². The first-order valence-electron chi connectivity index (χ1n) is 52.1. The number of nitrogens with zero attached hydrogens (tertiary/aromatic N) is 16. The van der Waals surface area contributed by atoms with E-state index in [4.69, 9.17) is 15.2 Å². The van der Waals surface area contributed by atoms with Crippen molar-refractivity contribution < 1.29 is 45.4 Å². The van der Waals surface area contributed by atoms with Gasteiger partial charge in [0.25, 0.3) is 17.8 Å². The van der Waals surface area contributed by atoms with Crippen molar-refractivity contribution in [3.63, 3.8) is 0 Å². The summed E-state index contributed by atoms with van der Waals surface area (Å²) < 4.78 is 84.9. The maximum absolute atomic E-state index is 12.6. The predicted octanol–water partition coefficient (Wildman–Crippen LogP) is 16.5. The lowest BCUT2D eigenvalue weighted by atomic mass is 9.84. The average Bonchev–Trinajstić information content (AvgIpc) is 1.48. The quantitative estimate of drug-likeness (QED) is 0.165. The van der Waals surface area contributed by atoms with E-state index in [1.165, 1.54) is 136 Å². The number of carbonyl (C=O) groups is 2. The van der Waals surface area contributed by atoms with Gasteiger partial charge in [0.1, 0.15) is 0 Å². The standard InChI is InChI=1S/C12H22N2O.C9H18N2O.C9H19N.C8H15F2N.C8H18N2.C8H17N.C7H13F2N.C7H16N2.2C7H15NO.2C7H15N.C6H11F2N/c1-10(2)13-6-8-14(9-7-13)12(15)11-4-3-5-11;1-8(2)10-4-6-11(7-5-10)9(3)12;1-8(2)10-6-5-9(3,4)7-10;1-7(2)11-5-3-8(9,10)4-6-11;1-8(2)10-6-4-9(3)5-7-10;1-8(2)9-6-4-3-5-7-9;1-6(2)10-4-3-7(8,9)5-10;1-6(2)9-4-3-7(8)5-9;2*1-7(2)8-3-5-9-6-4-8;1-6(2)8-4-7(3)5-8;1-7(2)8-5-3-4-6-8;1-5(2)9-3-6(7,8)4-9/h10-11H,3-9H2,1-2H3;8H,4-7H2,1-3H3;8H,5-7H2,1-4H3;7H,3-6H2,1-2H3;8H,4-7H2,1-3H3;8H,3-7H2,1-2H3;6H,3-5H2,1-2H3;6-7H,3-5,8H2,1-2H3;2*7H,3-6H2,1-2H3;6-7H,4-5H2,1-3H3;7H,3-6H2,1-2H3;5H,3-4H2,1-2H3. The molecule has 0 aromatic rings. The smallest absolute Gasteiger partial charge is 0.272 e. The number of likely N-dealkylation sites (N-methyl/N-ethyl adjacent to an activating group) is 1. The zero-order valence-corrected chi connectivity index (χ0v) is 89.5. The molecule has 0 bridgehead atoms. The van der Waals surface area contributed by atoms with Crippen LogP contribution in [-0.2, 0) is 19.1 Å². The molecule has 27 heteroatoms. The molecule has 0 spiro atoms. The predicted molar refractivity (Wildman–Crippen MR) is 534 cm³/mol. The Morgan fingerprint density at radius 3 is 0.822 bits per heavy atom. The monoisotopic (exact) mass is 1850 g/mol. The molecule has 13 saturated heterocycles. The van der Waals surface area contributed by atoms with Crippen LogP contribution in [0.1, 0.15) is 291 Å². The Bertz CT molecular complexity index is 2660. The average molecular weight is 1850 g/mol. The van der Waals surface area contributed by atoms with Crippen LogP contribution in [0.25, 0.3) is 0 Å². The lowest BCUT2D eigenvalue weighted by molar-refractivity contribution is -0.141. The number of carbonyl (C=O) groups excluding carboxylic acids is 2. The molecule has 1 saturated carbocycles. The number of likely N-dealkylation sites (tertiary alicyclic amines) is 8. The summed E-state index contributed by atoms with van der Waals surface area (Å²) in [7, 11) is 2.19. The van der Waals surface area contributed by atoms with Crippen molar-refractivity contribution in [1.82, 2.24) is 78.4 Å². The first-order chi connectivity index (χ1) is 60.2. The fraction of sp³-hybridized carbons (Fsp3) is 0.980. The normalized spacial score (nSPS) is 24.5. The highest BCUT2D eigenvalue weighted by Crippen LogP contribution is 2.33. The fourth-order valence-electron chi connectivity index (χ4n) is 17.7. The van der Waals surface area contributed by atoms with E-state index in [1.807, 2.05) is 46.4 Å². The van der Waals surface area contributed by atoms with E-state index in [9.17, 15) is 35.9 Å². The minimum Gasteiger partial charge on any atom is -0.379 e. The zero-order valence-electron chi connectivity index (χ0n) is 89.5. The van der Waals surface area contributed by atoms with Gasteiger partial charge in [0.05, 0.1) is 46.1 Å². The van der Waals surface area contributed by atoms with Gasteiger partial charge in [-0.15, -0.1) is 0 Å². The summed E-state index contributed by atoms with van der Waals surface area (Å²) in [6, 6.07) is 8.44. The third-order valence-corrected chi connectivity index (χ3v) is 28.1. The van der Waals surface area contributed by atoms with Crippen molar-refractivity contribution in [2.24, 2.45) is 23.0 Å². The van der Waals surface area contributed by atoms with Gasteiger partial charge in [0, 0.05) is 267 Å². The van der Waals surface area contributed by atoms with E-state index < -0.39 is 17.8 Å². The van der Waals surface area contributed by atoms with E-state index in [0.29, 0.717) is 79.2 Å². The number of hydrogen-bond acceptors (Lipinski definition) is 19. The van der Waals surface area contributed by atoms with E-state index >= 15 is 0 Å². The molecule has 13 heterocycles.